The van der Waals surface area contributed by atoms with Gasteiger partial charge in [-0.25, -0.2) is 0 Å². The van der Waals surface area contributed by atoms with Crippen LogP contribution in [0, 0.1) is 5.92 Å². The van der Waals surface area contributed by atoms with Crippen molar-refractivity contribution in [3.8, 4) is 5.75 Å². The van der Waals surface area contributed by atoms with Crippen molar-refractivity contribution in [2.45, 2.75) is 52.2 Å². The Morgan fingerprint density at radius 2 is 1.96 bits per heavy atom. The smallest absolute Gasteiger partial charge is 0.240 e. The summed E-state index contributed by atoms with van der Waals surface area (Å²) in [6, 6.07) is 8.89. The van der Waals surface area contributed by atoms with E-state index in [1.807, 2.05) is 12.1 Å². The van der Waals surface area contributed by atoms with Gasteiger partial charge in [-0.2, -0.15) is 4.98 Å². The van der Waals surface area contributed by atoms with Gasteiger partial charge in [-0.15, -0.1) is 0 Å². The minimum Gasteiger partial charge on any atom is -0.497 e. The fraction of sp³-hybridized carbons (Fsp3) is 0.556. The second kappa shape index (κ2) is 7.13. The highest BCUT2D eigenvalue weighted by Gasteiger charge is 2.30. The first-order valence-corrected chi connectivity index (χ1v) is 8.32. The van der Waals surface area contributed by atoms with Crippen LogP contribution in [0.15, 0.2) is 28.8 Å². The van der Waals surface area contributed by atoms with Gasteiger partial charge in [0.1, 0.15) is 5.75 Å². The zero-order valence-electron chi connectivity index (χ0n) is 14.2. The Labute approximate surface area is 137 Å². The third-order valence-corrected chi connectivity index (χ3v) is 4.05. The molecule has 124 valence electrons. The molecule has 1 aromatic carbocycles. The van der Waals surface area contributed by atoms with E-state index in [-0.39, 0.29) is 0 Å². The van der Waals surface area contributed by atoms with Gasteiger partial charge in [0.05, 0.1) is 13.7 Å². The molecule has 5 nitrogen and oxygen atoms in total. The molecular formula is C18H25N3O2. The van der Waals surface area contributed by atoms with Crippen LogP contribution in [0.1, 0.15) is 44.0 Å². The fourth-order valence-electron chi connectivity index (χ4n) is 2.70. The molecule has 1 fully saturated rings. The van der Waals surface area contributed by atoms with E-state index in [1.54, 1.807) is 7.11 Å². The van der Waals surface area contributed by atoms with Crippen LogP contribution in [0.4, 0.5) is 0 Å². The Kier molecular flexibility index (Phi) is 4.96. The second-order valence-corrected chi connectivity index (χ2v) is 6.69. The summed E-state index contributed by atoms with van der Waals surface area (Å²) in [5.74, 6) is 2.97. The summed E-state index contributed by atoms with van der Waals surface area (Å²) in [5.41, 5.74) is 1.28. The van der Waals surface area contributed by atoms with E-state index in [1.165, 1.54) is 18.4 Å². The van der Waals surface area contributed by atoms with Crippen molar-refractivity contribution < 1.29 is 9.26 Å². The third kappa shape index (κ3) is 4.55. The Balaban J connectivity index is 1.63. The molecule has 0 spiro atoms. The summed E-state index contributed by atoms with van der Waals surface area (Å²) in [6.07, 6.45) is 3.37. The van der Waals surface area contributed by atoms with E-state index in [2.05, 4.69) is 41.0 Å². The molecule has 0 N–H and O–H groups in total. The minimum atomic E-state index is 0.541. The highest BCUT2D eigenvalue weighted by Crippen LogP contribution is 2.30. The van der Waals surface area contributed by atoms with Crippen molar-refractivity contribution in [1.29, 1.82) is 0 Å². The average Bonchev–Trinajstić information content (AvgIpc) is 3.29. The molecule has 0 bridgehead atoms. The first-order valence-electron chi connectivity index (χ1n) is 8.32. The summed E-state index contributed by atoms with van der Waals surface area (Å²) < 4.78 is 10.6. The van der Waals surface area contributed by atoms with Crippen molar-refractivity contribution >= 4 is 0 Å². The molecular weight excluding hydrogens is 290 g/mol. The SMILES string of the molecule is COc1ccc(CN(Cc2nc(CC(C)C)no2)C2CC2)cc1. The highest BCUT2D eigenvalue weighted by atomic mass is 16.5. The van der Waals surface area contributed by atoms with Gasteiger partial charge in [0.25, 0.3) is 0 Å². The quantitative estimate of drug-likeness (QED) is 0.747. The van der Waals surface area contributed by atoms with Crippen molar-refractivity contribution in [2.75, 3.05) is 7.11 Å². The molecule has 0 saturated heterocycles. The second-order valence-electron chi connectivity index (χ2n) is 6.69. The predicted molar refractivity (Wildman–Crippen MR) is 88.1 cm³/mol. The highest BCUT2D eigenvalue weighted by molar-refractivity contribution is 5.27. The molecule has 0 amide bonds. The fourth-order valence-corrected chi connectivity index (χ4v) is 2.70. The van der Waals surface area contributed by atoms with Gasteiger partial charge in [0.2, 0.25) is 5.89 Å². The lowest BCUT2D eigenvalue weighted by atomic mass is 10.1. The number of rotatable bonds is 8. The molecule has 23 heavy (non-hydrogen) atoms. The van der Waals surface area contributed by atoms with E-state index in [0.29, 0.717) is 12.0 Å². The molecule has 1 heterocycles. The van der Waals surface area contributed by atoms with Gasteiger partial charge in [-0.3, -0.25) is 4.90 Å². The molecule has 2 aromatic rings. The van der Waals surface area contributed by atoms with Crippen LogP contribution in [0.2, 0.25) is 0 Å². The number of ether oxygens (including phenoxy) is 1. The zero-order chi connectivity index (χ0) is 16.2. The zero-order valence-corrected chi connectivity index (χ0v) is 14.2. The van der Waals surface area contributed by atoms with Gasteiger partial charge >= 0.3 is 0 Å². The van der Waals surface area contributed by atoms with Crippen molar-refractivity contribution in [1.82, 2.24) is 15.0 Å². The van der Waals surface area contributed by atoms with Crippen LogP contribution in [0.5, 0.6) is 5.75 Å². The number of hydrogen-bond acceptors (Lipinski definition) is 5. The van der Waals surface area contributed by atoms with Crippen LogP contribution in [0.3, 0.4) is 0 Å². The molecule has 0 radical (unpaired) electrons. The Bertz CT molecular complexity index is 617. The van der Waals surface area contributed by atoms with E-state index in [9.17, 15) is 0 Å². The minimum absolute atomic E-state index is 0.541. The first-order chi connectivity index (χ1) is 11.1. The van der Waals surface area contributed by atoms with E-state index in [4.69, 9.17) is 9.26 Å². The van der Waals surface area contributed by atoms with Crippen molar-refractivity contribution in [3.63, 3.8) is 0 Å². The number of benzene rings is 1. The number of methoxy groups -OCH3 is 1. The van der Waals surface area contributed by atoms with Crippen molar-refractivity contribution in [2.24, 2.45) is 5.92 Å². The maximum absolute atomic E-state index is 5.43. The van der Waals surface area contributed by atoms with E-state index >= 15 is 0 Å². The number of nitrogens with zero attached hydrogens (tertiary/aromatic N) is 3. The molecule has 5 heteroatoms. The predicted octanol–water partition coefficient (Wildman–Crippen LogP) is 3.44. The topological polar surface area (TPSA) is 51.4 Å². The summed E-state index contributed by atoms with van der Waals surface area (Å²) in [4.78, 5) is 6.96. The Hall–Kier alpha value is -1.88. The van der Waals surface area contributed by atoms with Gasteiger partial charge in [0, 0.05) is 19.0 Å². The number of aromatic nitrogens is 2. The van der Waals surface area contributed by atoms with E-state index in [0.717, 1.165) is 37.0 Å². The Morgan fingerprint density at radius 3 is 2.57 bits per heavy atom. The Morgan fingerprint density at radius 1 is 1.22 bits per heavy atom. The van der Waals surface area contributed by atoms with Gasteiger partial charge in [0.15, 0.2) is 5.82 Å². The summed E-state index contributed by atoms with van der Waals surface area (Å²) in [6.45, 7) is 5.95. The largest absolute Gasteiger partial charge is 0.497 e. The van der Waals surface area contributed by atoms with Gasteiger partial charge in [-0.05, 0) is 36.5 Å². The summed E-state index contributed by atoms with van der Waals surface area (Å²) >= 11 is 0. The van der Waals surface area contributed by atoms with Crippen LogP contribution < -0.4 is 4.74 Å². The average molecular weight is 315 g/mol. The number of hydrogen-bond donors (Lipinski definition) is 0. The normalized spacial score (nSPS) is 14.7. The molecule has 1 aliphatic rings. The van der Waals surface area contributed by atoms with Gasteiger partial charge < -0.3 is 9.26 Å². The maximum Gasteiger partial charge on any atom is 0.240 e. The lowest BCUT2D eigenvalue weighted by Crippen LogP contribution is -2.25. The molecule has 3 rings (SSSR count). The maximum atomic E-state index is 5.43. The third-order valence-electron chi connectivity index (χ3n) is 4.05. The molecule has 0 unspecified atom stereocenters. The standard InChI is InChI=1S/C18H25N3O2/c1-13(2)10-17-19-18(23-20-17)12-21(15-6-7-15)11-14-4-8-16(22-3)9-5-14/h4-5,8-9,13,15H,6-7,10-12H2,1-3H3. The van der Waals surface area contributed by atoms with Crippen LogP contribution in [-0.2, 0) is 19.5 Å². The molecule has 1 aromatic heterocycles. The molecule has 0 aliphatic heterocycles. The van der Waals surface area contributed by atoms with Crippen LogP contribution in [0.25, 0.3) is 0 Å². The summed E-state index contributed by atoms with van der Waals surface area (Å²) in [7, 11) is 1.69. The molecule has 1 aliphatic carbocycles. The molecule has 0 atom stereocenters. The van der Waals surface area contributed by atoms with Crippen LogP contribution in [-0.4, -0.2) is 28.2 Å². The summed E-state index contributed by atoms with van der Waals surface area (Å²) in [5, 5.41) is 4.09. The first kappa shape index (κ1) is 16.0. The van der Waals surface area contributed by atoms with Crippen LogP contribution >= 0.6 is 0 Å². The lowest BCUT2D eigenvalue weighted by molar-refractivity contribution is 0.209. The van der Waals surface area contributed by atoms with Gasteiger partial charge in [-0.1, -0.05) is 31.1 Å². The lowest BCUT2D eigenvalue weighted by Gasteiger charge is -2.20. The molecule has 1 saturated carbocycles. The van der Waals surface area contributed by atoms with E-state index < -0.39 is 0 Å². The monoisotopic (exact) mass is 315 g/mol. The van der Waals surface area contributed by atoms with Crippen molar-refractivity contribution in [3.05, 3.63) is 41.5 Å².